The second-order valence-corrected chi connectivity index (χ2v) is 2.71. The van der Waals surface area contributed by atoms with Crippen LogP contribution in [0.2, 0.25) is 0 Å². The summed E-state index contributed by atoms with van der Waals surface area (Å²) < 4.78 is 12.6. The molecule has 0 bridgehead atoms. The van der Waals surface area contributed by atoms with Crippen molar-refractivity contribution >= 4 is 0 Å². The third-order valence-electron chi connectivity index (χ3n) is 1.93. The first-order valence-electron chi connectivity index (χ1n) is 4.77. The number of hydrogen-bond donors (Lipinski definition) is 0. The van der Waals surface area contributed by atoms with Gasteiger partial charge in [0.05, 0.1) is 0 Å². The first kappa shape index (κ1) is 10.9. The molecule has 1 unspecified atom stereocenters. The Hall–Kier alpha value is -0.110. The molecule has 1 aliphatic heterocycles. The van der Waals surface area contributed by atoms with E-state index in [9.17, 15) is 4.48 Å². The Morgan fingerprint density at radius 3 is 2.45 bits per heavy atom. The summed E-state index contributed by atoms with van der Waals surface area (Å²) in [6.45, 7) is 6.76. The monoisotopic (exact) mass is 161 g/mol. The zero-order chi connectivity index (χ0) is 8.69. The Morgan fingerprint density at radius 2 is 2.09 bits per heavy atom. The van der Waals surface area contributed by atoms with Gasteiger partial charge >= 0.3 is 0 Å². The third-order valence-corrected chi connectivity index (χ3v) is 1.93. The molecule has 11 heavy (non-hydrogen) atoms. The van der Waals surface area contributed by atoms with Crippen LogP contribution in [-0.4, -0.2) is 17.7 Å². The largest absolute Gasteiger partial charge is 0.143 e. The third kappa shape index (κ3) is 3.71. The van der Waals surface area contributed by atoms with Crippen molar-refractivity contribution in [2.75, 3.05) is 6.54 Å². The molecule has 0 saturated carbocycles. The fourth-order valence-corrected chi connectivity index (χ4v) is 1.42. The Bertz CT molecular complexity index is 85.6. The molecule has 1 fully saturated rings. The molecule has 0 aromatic carbocycles. The second kappa shape index (κ2) is 6.59. The molecule has 1 rings (SSSR count). The van der Waals surface area contributed by atoms with Gasteiger partial charge in [0.1, 0.15) is 0 Å². The highest BCUT2D eigenvalue weighted by molar-refractivity contribution is 4.71. The SMILES string of the molecule is CC.CCCC1CCCN1F. The van der Waals surface area contributed by atoms with Gasteiger partial charge in [-0.3, -0.25) is 0 Å². The van der Waals surface area contributed by atoms with E-state index in [1.807, 2.05) is 13.8 Å². The van der Waals surface area contributed by atoms with Gasteiger partial charge in [0.15, 0.2) is 0 Å². The maximum atomic E-state index is 12.6. The zero-order valence-corrected chi connectivity index (χ0v) is 7.94. The normalized spacial score (nSPS) is 24.5. The minimum absolute atomic E-state index is 0.245. The lowest BCUT2D eigenvalue weighted by molar-refractivity contribution is 0.00773. The van der Waals surface area contributed by atoms with E-state index in [0.717, 1.165) is 30.8 Å². The van der Waals surface area contributed by atoms with Crippen LogP contribution in [-0.2, 0) is 0 Å². The molecule has 0 spiro atoms. The van der Waals surface area contributed by atoms with Gasteiger partial charge in [-0.05, 0) is 19.3 Å². The average molecular weight is 161 g/mol. The van der Waals surface area contributed by atoms with Gasteiger partial charge in [-0.15, -0.1) is 9.60 Å². The van der Waals surface area contributed by atoms with E-state index in [2.05, 4.69) is 6.92 Å². The highest BCUT2D eigenvalue weighted by Gasteiger charge is 2.22. The molecule has 0 amide bonds. The van der Waals surface area contributed by atoms with Crippen LogP contribution in [0.5, 0.6) is 0 Å². The number of nitrogens with zero attached hydrogens (tertiary/aromatic N) is 1. The van der Waals surface area contributed by atoms with E-state index < -0.39 is 0 Å². The van der Waals surface area contributed by atoms with E-state index in [0.29, 0.717) is 6.54 Å². The van der Waals surface area contributed by atoms with Gasteiger partial charge in [-0.25, -0.2) is 0 Å². The molecule has 0 aliphatic carbocycles. The molecule has 2 heteroatoms. The quantitative estimate of drug-likeness (QED) is 0.562. The molecule has 0 N–H and O–H groups in total. The van der Waals surface area contributed by atoms with Crippen LogP contribution in [0.25, 0.3) is 0 Å². The molecule has 1 aliphatic rings. The standard InChI is InChI=1S/C7H14FN.C2H6/c1-2-4-7-5-3-6-9(7)8;1-2/h7H,2-6H2,1H3;1-2H3. The summed E-state index contributed by atoms with van der Waals surface area (Å²) in [6, 6.07) is 0.245. The van der Waals surface area contributed by atoms with Crippen molar-refractivity contribution in [1.29, 1.82) is 0 Å². The van der Waals surface area contributed by atoms with Gasteiger partial charge in [0, 0.05) is 12.6 Å². The maximum Gasteiger partial charge on any atom is 0.0402 e. The highest BCUT2D eigenvalue weighted by Crippen LogP contribution is 2.20. The summed E-state index contributed by atoms with van der Waals surface area (Å²) in [5, 5.41) is 0.990. The van der Waals surface area contributed by atoms with Crippen molar-refractivity contribution in [2.45, 2.75) is 52.5 Å². The van der Waals surface area contributed by atoms with Crippen molar-refractivity contribution < 1.29 is 4.48 Å². The van der Waals surface area contributed by atoms with Gasteiger partial charge in [-0.2, -0.15) is 0 Å². The molecule has 1 heterocycles. The molecule has 68 valence electrons. The van der Waals surface area contributed by atoms with Crippen molar-refractivity contribution in [3.63, 3.8) is 0 Å². The first-order valence-corrected chi connectivity index (χ1v) is 4.77. The van der Waals surface area contributed by atoms with E-state index in [4.69, 9.17) is 0 Å². The Morgan fingerprint density at radius 1 is 1.45 bits per heavy atom. The molecule has 1 atom stereocenters. The molecular formula is C9H20FN. The highest BCUT2D eigenvalue weighted by atomic mass is 19.2. The van der Waals surface area contributed by atoms with Gasteiger partial charge < -0.3 is 0 Å². The number of halogens is 1. The van der Waals surface area contributed by atoms with Crippen molar-refractivity contribution in [2.24, 2.45) is 0 Å². The lowest BCUT2D eigenvalue weighted by Gasteiger charge is -2.12. The average Bonchev–Trinajstić information content (AvgIpc) is 2.42. The fraction of sp³-hybridized carbons (Fsp3) is 1.00. The molecule has 1 nitrogen and oxygen atoms in total. The van der Waals surface area contributed by atoms with Crippen molar-refractivity contribution in [1.82, 2.24) is 5.12 Å². The predicted octanol–water partition coefficient (Wildman–Crippen LogP) is 3.16. The van der Waals surface area contributed by atoms with Crippen LogP contribution in [0.3, 0.4) is 0 Å². The topological polar surface area (TPSA) is 3.24 Å². The predicted molar refractivity (Wildman–Crippen MR) is 47.1 cm³/mol. The zero-order valence-electron chi connectivity index (χ0n) is 7.94. The summed E-state index contributed by atoms with van der Waals surface area (Å²) >= 11 is 0. The smallest absolute Gasteiger partial charge is 0.0402 e. The summed E-state index contributed by atoms with van der Waals surface area (Å²) in [4.78, 5) is 0. The summed E-state index contributed by atoms with van der Waals surface area (Å²) in [7, 11) is 0. The first-order chi connectivity index (χ1) is 5.34. The van der Waals surface area contributed by atoms with Gasteiger partial charge in [0.2, 0.25) is 0 Å². The van der Waals surface area contributed by atoms with Crippen molar-refractivity contribution in [3.8, 4) is 0 Å². The molecule has 1 saturated heterocycles. The van der Waals surface area contributed by atoms with Crippen LogP contribution < -0.4 is 0 Å². The minimum Gasteiger partial charge on any atom is -0.143 e. The Kier molecular flexibility index (Phi) is 6.52. The van der Waals surface area contributed by atoms with E-state index in [1.165, 1.54) is 0 Å². The van der Waals surface area contributed by atoms with Crippen LogP contribution in [0, 0.1) is 0 Å². The maximum absolute atomic E-state index is 12.6. The lowest BCUT2D eigenvalue weighted by atomic mass is 10.1. The minimum atomic E-state index is 0.245. The van der Waals surface area contributed by atoms with Gasteiger partial charge in [-0.1, -0.05) is 27.2 Å². The Labute approximate surface area is 69.5 Å². The second-order valence-electron chi connectivity index (χ2n) is 2.71. The molecule has 0 aromatic heterocycles. The molecule has 0 radical (unpaired) electrons. The van der Waals surface area contributed by atoms with Crippen molar-refractivity contribution in [3.05, 3.63) is 0 Å². The molecule has 0 aromatic rings. The molecular weight excluding hydrogens is 141 g/mol. The fourth-order valence-electron chi connectivity index (χ4n) is 1.42. The summed E-state index contributed by atoms with van der Waals surface area (Å²) in [5.41, 5.74) is 0. The lowest BCUT2D eigenvalue weighted by Crippen LogP contribution is -2.19. The van der Waals surface area contributed by atoms with E-state index in [-0.39, 0.29) is 6.04 Å². The van der Waals surface area contributed by atoms with Crippen LogP contribution >= 0.6 is 0 Å². The van der Waals surface area contributed by atoms with Gasteiger partial charge in [0.25, 0.3) is 0 Å². The summed E-state index contributed by atoms with van der Waals surface area (Å²) in [6.07, 6.45) is 4.23. The van der Waals surface area contributed by atoms with Crippen LogP contribution in [0.1, 0.15) is 46.5 Å². The Balaban J connectivity index is 0.000000461. The van der Waals surface area contributed by atoms with E-state index in [1.54, 1.807) is 0 Å². The van der Waals surface area contributed by atoms with E-state index >= 15 is 0 Å². The number of rotatable bonds is 2. The van der Waals surface area contributed by atoms with Crippen LogP contribution in [0.15, 0.2) is 0 Å². The summed E-state index contributed by atoms with van der Waals surface area (Å²) in [5.74, 6) is 0. The van der Waals surface area contributed by atoms with Crippen LogP contribution in [0.4, 0.5) is 4.48 Å². The number of hydrogen-bond acceptors (Lipinski definition) is 1.